The quantitative estimate of drug-likeness (QED) is 0.246. The van der Waals surface area contributed by atoms with Gasteiger partial charge >= 0.3 is 0 Å². The van der Waals surface area contributed by atoms with Crippen LogP contribution in [0.2, 0.25) is 5.02 Å². The van der Waals surface area contributed by atoms with Crippen molar-refractivity contribution >= 4 is 34.9 Å². The molecule has 2 heterocycles. The zero-order chi connectivity index (χ0) is 29.4. The molecule has 224 valence electrons. The summed E-state index contributed by atoms with van der Waals surface area (Å²) in [6.45, 7) is 3.34. The van der Waals surface area contributed by atoms with Crippen molar-refractivity contribution in [3.63, 3.8) is 0 Å². The smallest absolute Gasteiger partial charge is 0.247 e. The van der Waals surface area contributed by atoms with E-state index in [1.54, 1.807) is 19.2 Å². The summed E-state index contributed by atoms with van der Waals surface area (Å²) in [6, 6.07) is 5.35. The van der Waals surface area contributed by atoms with E-state index in [-0.39, 0.29) is 23.8 Å². The molecule has 2 fully saturated rings. The maximum Gasteiger partial charge on any atom is 0.247 e. The van der Waals surface area contributed by atoms with Gasteiger partial charge < -0.3 is 36.2 Å². The molecular weight excluding hydrogens is 542 g/mol. The molecule has 5 N–H and O–H groups in total. The van der Waals surface area contributed by atoms with Crippen molar-refractivity contribution in [1.82, 2.24) is 25.8 Å². The van der Waals surface area contributed by atoms with Crippen LogP contribution >= 0.6 is 11.6 Å². The molecular formula is C30H44ClN7O3. The Labute approximate surface area is 248 Å². The van der Waals surface area contributed by atoms with Crippen LogP contribution in [0.15, 0.2) is 46.2 Å². The van der Waals surface area contributed by atoms with Crippen LogP contribution in [-0.4, -0.2) is 87.4 Å². The normalized spacial score (nSPS) is 19.1. The van der Waals surface area contributed by atoms with Gasteiger partial charge in [0.15, 0.2) is 0 Å². The number of piperidine rings is 1. The summed E-state index contributed by atoms with van der Waals surface area (Å²) in [6.07, 6.45) is 8.30. The van der Waals surface area contributed by atoms with Gasteiger partial charge in [-0.05, 0) is 57.6 Å². The first-order valence-corrected chi connectivity index (χ1v) is 15.0. The molecule has 0 atom stereocenters. The second-order valence-corrected chi connectivity index (χ2v) is 11.6. The Balaban J connectivity index is 1.40. The molecule has 0 unspecified atom stereocenters. The van der Waals surface area contributed by atoms with Gasteiger partial charge in [0.25, 0.3) is 0 Å². The van der Waals surface area contributed by atoms with Gasteiger partial charge in [-0.1, -0.05) is 24.4 Å². The van der Waals surface area contributed by atoms with E-state index in [1.807, 2.05) is 36.0 Å². The van der Waals surface area contributed by atoms with Crippen LogP contribution in [0.3, 0.4) is 0 Å². The third-order valence-electron chi connectivity index (χ3n) is 7.86. The molecule has 10 nitrogen and oxygen atoms in total. The summed E-state index contributed by atoms with van der Waals surface area (Å²) in [7, 11) is 5.73. The van der Waals surface area contributed by atoms with Crippen molar-refractivity contribution in [2.75, 3.05) is 53.9 Å². The Morgan fingerprint density at radius 1 is 1.20 bits per heavy atom. The fourth-order valence-corrected chi connectivity index (χ4v) is 5.72. The number of rotatable bonds is 10. The van der Waals surface area contributed by atoms with E-state index in [9.17, 15) is 9.59 Å². The number of benzene rings is 1. The third kappa shape index (κ3) is 8.39. The molecule has 1 aliphatic carbocycles. The van der Waals surface area contributed by atoms with Crippen molar-refractivity contribution in [3.05, 3.63) is 46.3 Å². The number of nitrogens with zero attached hydrogens (tertiary/aromatic N) is 3. The molecule has 2 amide bonds. The molecule has 0 bridgehead atoms. The summed E-state index contributed by atoms with van der Waals surface area (Å²) < 4.78 is 6.22. The van der Waals surface area contributed by atoms with Crippen molar-refractivity contribution < 1.29 is 14.3 Å². The highest BCUT2D eigenvalue weighted by atomic mass is 35.5. The fourth-order valence-electron chi connectivity index (χ4n) is 5.51. The predicted octanol–water partition coefficient (Wildman–Crippen LogP) is 2.92. The number of hydrogen-bond acceptors (Lipinski definition) is 7. The molecule has 1 aromatic carbocycles. The molecule has 11 heteroatoms. The summed E-state index contributed by atoms with van der Waals surface area (Å²) in [5.74, 6) is 1.95. The number of ether oxygens (including phenoxy) is 1. The number of amides is 2. The fraction of sp³-hybridized carbons (Fsp3) is 0.567. The van der Waals surface area contributed by atoms with Gasteiger partial charge in [-0.2, -0.15) is 0 Å². The zero-order valence-electron chi connectivity index (χ0n) is 24.5. The largest absolute Gasteiger partial charge is 0.489 e. The SMILES string of the molecule is CNC1=C(C(N)=Nc2ccc(OC3CCN(C(=O)C4CCCC4)CC3)c(Cl)c2)C=C(C(=O)NCCN(C)C)CCN1. The lowest BCUT2D eigenvalue weighted by molar-refractivity contribution is -0.137. The minimum atomic E-state index is -0.116. The minimum absolute atomic E-state index is 0.00684. The average molecular weight is 586 g/mol. The highest BCUT2D eigenvalue weighted by molar-refractivity contribution is 6.32. The standard InChI is InChI=1S/C30H44ClN7O3/c1-33-28-24(18-21(10-13-34-28)29(39)35-14-17-37(2)3)27(32)36-22-8-9-26(25(31)19-22)41-23-11-15-38(16-12-23)30(40)20-6-4-5-7-20/h8-9,18-20,23,33-34H,4-7,10-17H2,1-3H3,(H2,32,36)(H,35,39). The number of aliphatic imine (C=N–C) groups is 1. The Morgan fingerprint density at radius 3 is 2.59 bits per heavy atom. The van der Waals surface area contributed by atoms with Crippen LogP contribution in [0.5, 0.6) is 5.75 Å². The Bertz CT molecular complexity index is 1180. The minimum Gasteiger partial charge on any atom is -0.489 e. The first-order chi connectivity index (χ1) is 19.7. The Hall–Kier alpha value is -3.24. The number of hydrogen-bond donors (Lipinski definition) is 4. The topological polar surface area (TPSA) is 124 Å². The average Bonchev–Trinajstić information content (AvgIpc) is 3.40. The molecule has 2 aliphatic heterocycles. The van der Waals surface area contributed by atoms with Gasteiger partial charge in [0.05, 0.1) is 16.3 Å². The molecule has 1 saturated carbocycles. The number of amidine groups is 1. The van der Waals surface area contributed by atoms with E-state index < -0.39 is 0 Å². The number of nitrogens with one attached hydrogen (secondary N) is 3. The third-order valence-corrected chi connectivity index (χ3v) is 8.16. The maximum absolute atomic E-state index is 12.8. The van der Waals surface area contributed by atoms with Gasteiger partial charge in [0, 0.05) is 64.1 Å². The number of halogens is 1. The van der Waals surface area contributed by atoms with E-state index in [0.717, 1.165) is 58.2 Å². The van der Waals surface area contributed by atoms with E-state index in [1.165, 1.54) is 0 Å². The van der Waals surface area contributed by atoms with Crippen molar-refractivity contribution in [2.24, 2.45) is 16.6 Å². The van der Waals surface area contributed by atoms with Gasteiger partial charge in [0.2, 0.25) is 11.8 Å². The second kappa shape index (κ2) is 14.6. The molecule has 0 aromatic heterocycles. The number of carbonyl (C=O) groups excluding carboxylic acids is 2. The Kier molecular flexibility index (Phi) is 10.9. The highest BCUT2D eigenvalue weighted by Gasteiger charge is 2.30. The monoisotopic (exact) mass is 585 g/mol. The molecule has 1 aromatic rings. The molecule has 41 heavy (non-hydrogen) atoms. The van der Waals surface area contributed by atoms with Gasteiger partial charge in [0.1, 0.15) is 23.5 Å². The van der Waals surface area contributed by atoms with Crippen LogP contribution < -0.4 is 26.4 Å². The number of likely N-dealkylation sites (N-methyl/N-ethyl adjacent to an activating group) is 1. The lowest BCUT2D eigenvalue weighted by Gasteiger charge is -2.33. The van der Waals surface area contributed by atoms with Crippen molar-refractivity contribution in [2.45, 2.75) is 51.0 Å². The van der Waals surface area contributed by atoms with Crippen LogP contribution in [0.25, 0.3) is 0 Å². The molecule has 0 spiro atoms. The van der Waals surface area contributed by atoms with Crippen LogP contribution in [0, 0.1) is 5.92 Å². The molecule has 1 saturated heterocycles. The van der Waals surface area contributed by atoms with Crippen LogP contribution in [-0.2, 0) is 9.59 Å². The lowest BCUT2D eigenvalue weighted by atomic mass is 10.0. The number of carbonyl (C=O) groups is 2. The number of nitrogens with two attached hydrogens (primary N) is 1. The Morgan fingerprint density at radius 2 is 1.93 bits per heavy atom. The van der Waals surface area contributed by atoms with E-state index in [4.69, 9.17) is 22.1 Å². The highest BCUT2D eigenvalue weighted by Crippen LogP contribution is 2.32. The van der Waals surface area contributed by atoms with Crippen LogP contribution in [0.1, 0.15) is 44.9 Å². The van der Waals surface area contributed by atoms with Gasteiger partial charge in [-0.15, -0.1) is 0 Å². The summed E-state index contributed by atoms with van der Waals surface area (Å²) in [5, 5.41) is 9.84. The molecule has 3 aliphatic rings. The predicted molar refractivity (Wildman–Crippen MR) is 163 cm³/mol. The lowest BCUT2D eigenvalue weighted by Crippen LogP contribution is -2.44. The molecule has 4 rings (SSSR count). The van der Waals surface area contributed by atoms with E-state index in [2.05, 4.69) is 20.9 Å². The summed E-state index contributed by atoms with van der Waals surface area (Å²) in [4.78, 5) is 34.2. The van der Waals surface area contributed by atoms with Gasteiger partial charge in [-0.25, -0.2) is 4.99 Å². The first-order valence-electron chi connectivity index (χ1n) is 14.6. The number of likely N-dealkylation sites (tertiary alicyclic amines) is 1. The van der Waals surface area contributed by atoms with Crippen molar-refractivity contribution in [3.8, 4) is 5.75 Å². The first kappa shape index (κ1) is 30.7. The summed E-state index contributed by atoms with van der Waals surface area (Å²) >= 11 is 6.60. The van der Waals surface area contributed by atoms with E-state index in [0.29, 0.717) is 58.8 Å². The van der Waals surface area contributed by atoms with Crippen molar-refractivity contribution in [1.29, 1.82) is 0 Å². The summed E-state index contributed by atoms with van der Waals surface area (Å²) in [5.41, 5.74) is 8.28. The van der Waals surface area contributed by atoms with Crippen LogP contribution in [0.4, 0.5) is 5.69 Å². The molecule has 0 radical (unpaired) electrons. The van der Waals surface area contributed by atoms with Gasteiger partial charge in [-0.3, -0.25) is 9.59 Å². The zero-order valence-corrected chi connectivity index (χ0v) is 25.2. The second-order valence-electron chi connectivity index (χ2n) is 11.2. The maximum atomic E-state index is 12.8. The van der Waals surface area contributed by atoms with E-state index >= 15 is 0 Å².